The molecule has 0 bridgehead atoms. The van der Waals surface area contributed by atoms with Gasteiger partial charge in [-0.25, -0.2) is 5.84 Å². The minimum absolute atomic E-state index is 0.0574. The summed E-state index contributed by atoms with van der Waals surface area (Å²) in [7, 11) is 0. The van der Waals surface area contributed by atoms with E-state index in [0.717, 1.165) is 0 Å². The Hall–Kier alpha value is -0.390. The number of hydrazine groups is 1. The Morgan fingerprint density at radius 1 is 1.75 bits per heavy atom. The maximum atomic E-state index is 8.22. The third-order valence-corrected chi connectivity index (χ3v) is 0.791. The molecule has 8 heavy (non-hydrogen) atoms. The molecule has 0 fully saturated rings. The molecule has 5 N–H and O–H groups in total. The van der Waals surface area contributed by atoms with Crippen molar-refractivity contribution < 1.29 is 5.11 Å². The molecule has 0 rings (SSSR count). The number of aliphatic hydroxyl groups is 1. The quantitative estimate of drug-likeness (QED) is 0.207. The van der Waals surface area contributed by atoms with Gasteiger partial charge in [-0.15, -0.1) is 0 Å². The van der Waals surface area contributed by atoms with Gasteiger partial charge >= 0.3 is 0 Å². The predicted octanol–water partition coefficient (Wildman–Crippen LogP) is -1.68. The van der Waals surface area contributed by atoms with Crippen LogP contribution >= 0.6 is 12.2 Å². The Kier molecular flexibility index (Phi) is 4.53. The summed E-state index contributed by atoms with van der Waals surface area (Å²) in [6.07, 6.45) is 0. The molecule has 0 radical (unpaired) electrons. The fourth-order valence-corrected chi connectivity index (χ4v) is 0.323. The van der Waals surface area contributed by atoms with Crippen LogP contribution in [0.5, 0.6) is 0 Å². The molecule has 0 saturated carbocycles. The lowest BCUT2D eigenvalue weighted by Gasteiger charge is -2.02. The summed E-state index contributed by atoms with van der Waals surface area (Å²) in [4.78, 5) is 0. The number of nitrogens with two attached hydrogens (primary N) is 1. The van der Waals surface area contributed by atoms with Crippen LogP contribution in [0.25, 0.3) is 0 Å². The van der Waals surface area contributed by atoms with Crippen LogP contribution in [0.1, 0.15) is 0 Å². The Labute approximate surface area is 53.0 Å². The standard InChI is InChI=1S/C3H9N3OS/c4-6-3(8)5-1-2-7/h7H,1-2,4H2,(H2,5,6,8). The van der Waals surface area contributed by atoms with Crippen molar-refractivity contribution in [3.05, 3.63) is 0 Å². The van der Waals surface area contributed by atoms with Crippen LogP contribution in [0.15, 0.2) is 0 Å². The fraction of sp³-hybridized carbons (Fsp3) is 0.667. The smallest absolute Gasteiger partial charge is 0.180 e. The number of hydrogen-bond donors (Lipinski definition) is 4. The zero-order valence-corrected chi connectivity index (χ0v) is 5.16. The Balaban J connectivity index is 2.99. The van der Waals surface area contributed by atoms with E-state index in [0.29, 0.717) is 11.7 Å². The van der Waals surface area contributed by atoms with Gasteiger partial charge in [-0.1, -0.05) is 0 Å². The van der Waals surface area contributed by atoms with Gasteiger partial charge < -0.3 is 15.8 Å². The molecule has 0 spiro atoms. The molecule has 0 unspecified atom stereocenters. The highest BCUT2D eigenvalue weighted by molar-refractivity contribution is 7.80. The molecular weight excluding hydrogens is 126 g/mol. The van der Waals surface area contributed by atoms with Crippen LogP contribution < -0.4 is 16.6 Å². The SMILES string of the molecule is NNC(=S)NCCO. The zero-order valence-electron chi connectivity index (χ0n) is 4.35. The normalized spacial score (nSPS) is 8.25. The van der Waals surface area contributed by atoms with Gasteiger partial charge in [-0.05, 0) is 12.2 Å². The molecule has 5 heteroatoms. The molecule has 0 aromatic rings. The highest BCUT2D eigenvalue weighted by Crippen LogP contribution is 1.58. The van der Waals surface area contributed by atoms with E-state index in [9.17, 15) is 0 Å². The second kappa shape index (κ2) is 4.76. The van der Waals surface area contributed by atoms with Gasteiger partial charge in [0, 0.05) is 6.54 Å². The number of nitrogens with one attached hydrogen (secondary N) is 2. The van der Waals surface area contributed by atoms with Gasteiger partial charge in [0.1, 0.15) is 0 Å². The first-order valence-corrected chi connectivity index (χ1v) is 2.57. The molecular formula is C3H9N3OS. The minimum Gasteiger partial charge on any atom is -0.395 e. The molecule has 0 atom stereocenters. The monoisotopic (exact) mass is 135 g/mol. The lowest BCUT2D eigenvalue weighted by molar-refractivity contribution is 0.300. The van der Waals surface area contributed by atoms with Crippen molar-refractivity contribution in [2.24, 2.45) is 5.84 Å². The van der Waals surface area contributed by atoms with Crippen LogP contribution in [-0.2, 0) is 0 Å². The zero-order chi connectivity index (χ0) is 6.41. The minimum atomic E-state index is 0.0574. The van der Waals surface area contributed by atoms with E-state index in [4.69, 9.17) is 10.9 Å². The van der Waals surface area contributed by atoms with E-state index in [1.807, 2.05) is 0 Å². The highest BCUT2D eigenvalue weighted by atomic mass is 32.1. The van der Waals surface area contributed by atoms with Gasteiger partial charge in [0.2, 0.25) is 0 Å². The average molecular weight is 135 g/mol. The van der Waals surface area contributed by atoms with Crippen molar-refractivity contribution in [3.8, 4) is 0 Å². The van der Waals surface area contributed by atoms with Crippen LogP contribution in [0.4, 0.5) is 0 Å². The molecule has 0 aliphatic rings. The summed E-state index contributed by atoms with van der Waals surface area (Å²) in [5.74, 6) is 4.88. The van der Waals surface area contributed by atoms with Crippen LogP contribution in [-0.4, -0.2) is 23.4 Å². The van der Waals surface area contributed by atoms with Crippen molar-refractivity contribution in [2.45, 2.75) is 0 Å². The Morgan fingerprint density at radius 3 is 2.75 bits per heavy atom. The first-order chi connectivity index (χ1) is 3.81. The lowest BCUT2D eigenvalue weighted by Crippen LogP contribution is -2.40. The first kappa shape index (κ1) is 7.61. The summed E-state index contributed by atoms with van der Waals surface area (Å²) in [6, 6.07) is 0. The molecule has 0 aromatic carbocycles. The summed E-state index contributed by atoms with van der Waals surface area (Å²) in [5.41, 5.74) is 2.21. The maximum Gasteiger partial charge on any atom is 0.180 e. The van der Waals surface area contributed by atoms with Crippen molar-refractivity contribution in [2.75, 3.05) is 13.2 Å². The molecule has 0 aliphatic carbocycles. The molecule has 0 saturated heterocycles. The second-order valence-corrected chi connectivity index (χ2v) is 1.53. The van der Waals surface area contributed by atoms with E-state index in [2.05, 4.69) is 23.0 Å². The van der Waals surface area contributed by atoms with E-state index < -0.39 is 0 Å². The van der Waals surface area contributed by atoms with Gasteiger partial charge in [-0.2, -0.15) is 0 Å². The summed E-state index contributed by atoms with van der Waals surface area (Å²) in [6.45, 7) is 0.491. The van der Waals surface area contributed by atoms with Gasteiger partial charge in [0.05, 0.1) is 6.61 Å². The predicted molar refractivity (Wildman–Crippen MR) is 35.0 cm³/mol. The van der Waals surface area contributed by atoms with Crippen molar-refractivity contribution in [3.63, 3.8) is 0 Å². The van der Waals surface area contributed by atoms with Gasteiger partial charge in [-0.3, -0.25) is 0 Å². The molecule has 4 nitrogen and oxygen atoms in total. The lowest BCUT2D eigenvalue weighted by atomic mass is 10.7. The molecule has 0 amide bonds. The maximum absolute atomic E-state index is 8.22. The van der Waals surface area contributed by atoms with Crippen LogP contribution in [0, 0.1) is 0 Å². The molecule has 0 aromatic heterocycles. The second-order valence-electron chi connectivity index (χ2n) is 1.12. The number of rotatable bonds is 2. The van der Waals surface area contributed by atoms with Crippen LogP contribution in [0.3, 0.4) is 0 Å². The van der Waals surface area contributed by atoms with Gasteiger partial charge in [0.25, 0.3) is 0 Å². The third-order valence-electron chi connectivity index (χ3n) is 0.528. The van der Waals surface area contributed by atoms with Crippen molar-refractivity contribution >= 4 is 17.3 Å². The molecule has 48 valence electrons. The topological polar surface area (TPSA) is 70.3 Å². The van der Waals surface area contributed by atoms with Gasteiger partial charge in [0.15, 0.2) is 5.11 Å². The number of thiocarbonyl (C=S) groups is 1. The number of aliphatic hydroxyl groups excluding tert-OH is 1. The Morgan fingerprint density at radius 2 is 2.38 bits per heavy atom. The third kappa shape index (κ3) is 3.79. The van der Waals surface area contributed by atoms with Crippen molar-refractivity contribution in [1.29, 1.82) is 0 Å². The molecule has 0 aliphatic heterocycles. The summed E-state index contributed by atoms with van der Waals surface area (Å²) >= 11 is 4.56. The van der Waals surface area contributed by atoms with E-state index in [1.165, 1.54) is 0 Å². The summed E-state index contributed by atoms with van der Waals surface area (Å²) in [5, 5.41) is 11.2. The fourth-order valence-electron chi connectivity index (χ4n) is 0.220. The average Bonchev–Trinajstić information content (AvgIpc) is 1.83. The first-order valence-electron chi connectivity index (χ1n) is 2.16. The van der Waals surface area contributed by atoms with E-state index >= 15 is 0 Å². The van der Waals surface area contributed by atoms with E-state index in [1.54, 1.807) is 0 Å². The van der Waals surface area contributed by atoms with E-state index in [-0.39, 0.29) is 6.61 Å². The Bertz CT molecular complexity index is 76.9. The summed E-state index contributed by atoms with van der Waals surface area (Å²) < 4.78 is 0. The van der Waals surface area contributed by atoms with Crippen molar-refractivity contribution in [1.82, 2.24) is 10.7 Å². The highest BCUT2D eigenvalue weighted by Gasteiger charge is 1.85. The van der Waals surface area contributed by atoms with Crippen LogP contribution in [0.2, 0.25) is 0 Å². The largest absolute Gasteiger partial charge is 0.395 e. The number of hydrogen-bond acceptors (Lipinski definition) is 3. The molecule has 0 heterocycles.